The lowest BCUT2D eigenvalue weighted by atomic mass is 9.99. The number of hydrogen-bond donors (Lipinski definition) is 0. The van der Waals surface area contributed by atoms with Crippen LogP contribution in [-0.2, 0) is 0 Å². The molecule has 1 heterocycles. The van der Waals surface area contributed by atoms with Crippen molar-refractivity contribution in [2.75, 3.05) is 11.4 Å². The second-order valence-electron chi connectivity index (χ2n) is 4.21. The Morgan fingerprint density at radius 2 is 1.59 bits per heavy atom. The van der Waals surface area contributed by atoms with Crippen molar-refractivity contribution in [1.82, 2.24) is 0 Å². The third-order valence-corrected chi connectivity index (χ3v) is 3.24. The van der Waals surface area contributed by atoms with E-state index < -0.39 is 0 Å². The van der Waals surface area contributed by atoms with Crippen LogP contribution < -0.4 is 4.90 Å². The van der Waals surface area contributed by atoms with Crippen molar-refractivity contribution in [2.24, 2.45) is 0 Å². The lowest BCUT2D eigenvalue weighted by molar-refractivity contribution is 1.02. The van der Waals surface area contributed by atoms with Crippen LogP contribution in [0.25, 0.3) is 17.2 Å². The molecule has 0 N–H and O–H groups in total. The zero-order valence-electron chi connectivity index (χ0n) is 9.93. The van der Waals surface area contributed by atoms with Gasteiger partial charge < -0.3 is 4.90 Å². The van der Waals surface area contributed by atoms with Gasteiger partial charge in [0.05, 0.1) is 0 Å². The zero-order valence-corrected chi connectivity index (χ0v) is 9.93. The second kappa shape index (κ2) is 4.10. The molecule has 1 aliphatic rings. The first-order chi connectivity index (χ1) is 8.40. The number of benzene rings is 2. The quantitative estimate of drug-likeness (QED) is 0.698. The van der Waals surface area contributed by atoms with Crippen molar-refractivity contribution in [2.45, 2.75) is 6.92 Å². The van der Waals surface area contributed by atoms with Crippen LogP contribution in [0.4, 0.5) is 5.69 Å². The van der Waals surface area contributed by atoms with Gasteiger partial charge in [0.1, 0.15) is 0 Å². The van der Waals surface area contributed by atoms with Gasteiger partial charge in [0, 0.05) is 24.0 Å². The van der Waals surface area contributed by atoms with Crippen LogP contribution in [0, 0.1) is 0 Å². The molecule has 17 heavy (non-hydrogen) atoms. The first kappa shape index (κ1) is 10.2. The molecule has 0 aliphatic carbocycles. The maximum atomic E-state index is 2.29. The molecule has 1 aliphatic heterocycles. The average molecular weight is 221 g/mol. The summed E-state index contributed by atoms with van der Waals surface area (Å²) in [7, 11) is 0. The van der Waals surface area contributed by atoms with E-state index in [-0.39, 0.29) is 0 Å². The van der Waals surface area contributed by atoms with E-state index in [2.05, 4.69) is 72.6 Å². The van der Waals surface area contributed by atoms with Crippen molar-refractivity contribution in [1.29, 1.82) is 0 Å². The minimum absolute atomic E-state index is 0.988. The molecule has 0 atom stereocenters. The summed E-state index contributed by atoms with van der Waals surface area (Å²) in [6, 6.07) is 17.1. The summed E-state index contributed by atoms with van der Waals surface area (Å²) in [5, 5.41) is 0. The second-order valence-corrected chi connectivity index (χ2v) is 4.21. The molecule has 0 bridgehead atoms. The Labute approximate surface area is 102 Å². The van der Waals surface area contributed by atoms with E-state index in [1.807, 2.05) is 0 Å². The molecule has 0 radical (unpaired) electrons. The predicted octanol–water partition coefficient (Wildman–Crippen LogP) is 4.16. The van der Waals surface area contributed by atoms with E-state index in [4.69, 9.17) is 0 Å². The summed E-state index contributed by atoms with van der Waals surface area (Å²) < 4.78 is 0. The van der Waals surface area contributed by atoms with Crippen LogP contribution in [0.2, 0.25) is 0 Å². The fourth-order valence-electron chi connectivity index (χ4n) is 2.37. The highest BCUT2D eigenvalue weighted by Crippen LogP contribution is 2.36. The van der Waals surface area contributed by atoms with Gasteiger partial charge in [-0.1, -0.05) is 42.5 Å². The van der Waals surface area contributed by atoms with Crippen LogP contribution in [0.5, 0.6) is 0 Å². The van der Waals surface area contributed by atoms with Crippen LogP contribution in [0.15, 0.2) is 54.7 Å². The van der Waals surface area contributed by atoms with E-state index in [0.717, 1.165) is 6.54 Å². The molecule has 1 nitrogen and oxygen atoms in total. The third kappa shape index (κ3) is 1.64. The smallest absolute Gasteiger partial charge is 0.0485 e. The molecule has 2 aromatic carbocycles. The molecule has 1 heteroatoms. The maximum absolute atomic E-state index is 2.29. The van der Waals surface area contributed by atoms with Gasteiger partial charge in [-0.25, -0.2) is 0 Å². The molecule has 2 aromatic rings. The summed E-state index contributed by atoms with van der Waals surface area (Å²) in [6.07, 6.45) is 4.36. The molecule has 0 fully saturated rings. The lowest BCUT2D eigenvalue weighted by Crippen LogP contribution is -2.14. The molecule has 0 unspecified atom stereocenters. The van der Waals surface area contributed by atoms with Crippen molar-refractivity contribution in [3.05, 3.63) is 60.3 Å². The molecular formula is C16H15N. The molecule has 0 amide bonds. The average Bonchev–Trinajstić information content (AvgIpc) is 2.56. The standard InChI is InChI=1S/C16H15N/c1-2-17-12-11-13-7-3-4-8-14(13)15-9-5-6-10-16(15)17/h3-12H,2H2,1H3. The number of rotatable bonds is 1. The molecule has 0 aromatic heterocycles. The molecular weight excluding hydrogens is 206 g/mol. The zero-order chi connectivity index (χ0) is 11.7. The van der Waals surface area contributed by atoms with E-state index >= 15 is 0 Å². The molecule has 0 saturated heterocycles. The minimum Gasteiger partial charge on any atom is -0.348 e. The van der Waals surface area contributed by atoms with Crippen molar-refractivity contribution in [3.8, 4) is 11.1 Å². The van der Waals surface area contributed by atoms with Gasteiger partial charge in [-0.05, 0) is 30.2 Å². The molecule has 0 spiro atoms. The van der Waals surface area contributed by atoms with E-state index in [9.17, 15) is 0 Å². The summed E-state index contributed by atoms with van der Waals surface area (Å²) >= 11 is 0. The number of hydrogen-bond acceptors (Lipinski definition) is 1. The van der Waals surface area contributed by atoms with E-state index in [1.165, 1.54) is 22.4 Å². The van der Waals surface area contributed by atoms with Crippen LogP contribution >= 0.6 is 0 Å². The van der Waals surface area contributed by atoms with Crippen molar-refractivity contribution >= 4 is 11.8 Å². The Bertz CT molecular complexity index is 569. The number of nitrogens with zero attached hydrogens (tertiary/aromatic N) is 1. The summed E-state index contributed by atoms with van der Waals surface area (Å²) in [5.74, 6) is 0. The fraction of sp³-hybridized carbons (Fsp3) is 0.125. The first-order valence-corrected chi connectivity index (χ1v) is 6.03. The monoisotopic (exact) mass is 221 g/mol. The number of anilines is 1. The maximum Gasteiger partial charge on any atom is 0.0485 e. The highest BCUT2D eigenvalue weighted by molar-refractivity contribution is 5.87. The van der Waals surface area contributed by atoms with Gasteiger partial charge in [-0.2, -0.15) is 0 Å². The third-order valence-electron chi connectivity index (χ3n) is 3.24. The summed E-state index contributed by atoms with van der Waals surface area (Å²) in [4.78, 5) is 2.29. The van der Waals surface area contributed by atoms with Crippen LogP contribution in [0.1, 0.15) is 12.5 Å². The minimum atomic E-state index is 0.988. The Kier molecular flexibility index (Phi) is 2.45. The normalized spacial score (nSPS) is 12.9. The summed E-state index contributed by atoms with van der Waals surface area (Å²) in [6.45, 7) is 3.17. The topological polar surface area (TPSA) is 3.24 Å². The molecule has 0 saturated carbocycles. The van der Waals surface area contributed by atoms with Gasteiger partial charge in [-0.15, -0.1) is 0 Å². The first-order valence-electron chi connectivity index (χ1n) is 6.03. The largest absolute Gasteiger partial charge is 0.348 e. The van der Waals surface area contributed by atoms with Crippen molar-refractivity contribution < 1.29 is 0 Å². The molecule has 84 valence electrons. The predicted molar refractivity (Wildman–Crippen MR) is 73.9 cm³/mol. The Balaban J connectivity index is 2.30. The van der Waals surface area contributed by atoms with Gasteiger partial charge in [0.25, 0.3) is 0 Å². The number of fused-ring (bicyclic) bond motifs is 3. The molecule has 3 rings (SSSR count). The SMILES string of the molecule is CCN1C=Cc2ccccc2-c2ccccc21. The lowest BCUT2D eigenvalue weighted by Gasteiger charge is -2.20. The van der Waals surface area contributed by atoms with Crippen LogP contribution in [0.3, 0.4) is 0 Å². The van der Waals surface area contributed by atoms with Gasteiger partial charge in [0.15, 0.2) is 0 Å². The van der Waals surface area contributed by atoms with E-state index in [0.29, 0.717) is 0 Å². The van der Waals surface area contributed by atoms with Gasteiger partial charge >= 0.3 is 0 Å². The highest BCUT2D eigenvalue weighted by atomic mass is 15.1. The Hall–Kier alpha value is -2.02. The Morgan fingerprint density at radius 1 is 0.882 bits per heavy atom. The highest BCUT2D eigenvalue weighted by Gasteiger charge is 2.13. The summed E-state index contributed by atoms with van der Waals surface area (Å²) in [5.41, 5.74) is 5.21. The van der Waals surface area contributed by atoms with Crippen LogP contribution in [-0.4, -0.2) is 6.54 Å². The number of para-hydroxylation sites is 1. The van der Waals surface area contributed by atoms with E-state index in [1.54, 1.807) is 0 Å². The van der Waals surface area contributed by atoms with Crippen molar-refractivity contribution in [3.63, 3.8) is 0 Å². The van der Waals surface area contributed by atoms with Gasteiger partial charge in [-0.3, -0.25) is 0 Å². The van der Waals surface area contributed by atoms with Gasteiger partial charge in [0.2, 0.25) is 0 Å². The fourth-order valence-corrected chi connectivity index (χ4v) is 2.37. The Morgan fingerprint density at radius 3 is 2.41 bits per heavy atom.